The van der Waals surface area contributed by atoms with Crippen molar-refractivity contribution in [1.29, 1.82) is 0 Å². The Balaban J connectivity index is 1.69. The van der Waals surface area contributed by atoms with Crippen LogP contribution >= 0.6 is 0 Å². The molecule has 0 amide bonds. The lowest BCUT2D eigenvalue weighted by atomic mass is 9.93. The third-order valence-corrected chi connectivity index (χ3v) is 4.99. The summed E-state index contributed by atoms with van der Waals surface area (Å²) < 4.78 is 12.1. The maximum absolute atomic E-state index is 9.68. The first-order valence-electron chi connectivity index (χ1n) is 7.76. The summed E-state index contributed by atoms with van der Waals surface area (Å²) in [6, 6.07) is 0. The van der Waals surface area contributed by atoms with Crippen molar-refractivity contribution in [2.75, 3.05) is 12.3 Å². The van der Waals surface area contributed by atoms with Gasteiger partial charge in [0.15, 0.2) is 5.79 Å². The normalized spacial score (nSPS) is 35.3. The van der Waals surface area contributed by atoms with Crippen molar-refractivity contribution < 1.29 is 14.6 Å². The number of fused-ring (bicyclic) bond motifs is 2. The maximum atomic E-state index is 9.68. The minimum Gasteiger partial charge on any atom is -0.396 e. The number of anilines is 1. The second-order valence-electron chi connectivity index (χ2n) is 6.80. The maximum Gasteiger partial charge on any atom is 0.163 e. The van der Waals surface area contributed by atoms with Gasteiger partial charge in [0.1, 0.15) is 12.1 Å². The summed E-state index contributed by atoms with van der Waals surface area (Å²) >= 11 is 0. The van der Waals surface area contributed by atoms with Gasteiger partial charge in [0.2, 0.25) is 0 Å². The van der Waals surface area contributed by atoms with Crippen LogP contribution in [0.1, 0.15) is 31.5 Å². The Morgan fingerprint density at radius 1 is 1.32 bits per heavy atom. The predicted octanol–water partition coefficient (Wildman–Crippen LogP) is 1.15. The average molecular weight is 303 g/mol. The molecule has 1 saturated carbocycles. The number of hydrogen-bond donors (Lipinski definition) is 2. The summed E-state index contributed by atoms with van der Waals surface area (Å²) in [5, 5.41) is 9.68. The summed E-state index contributed by atoms with van der Waals surface area (Å²) in [5.74, 6) is 0.225. The van der Waals surface area contributed by atoms with Crippen LogP contribution in [-0.4, -0.2) is 39.7 Å². The zero-order valence-electron chi connectivity index (χ0n) is 12.8. The highest BCUT2D eigenvalue weighted by Crippen LogP contribution is 2.50. The first-order chi connectivity index (χ1) is 10.5. The van der Waals surface area contributed by atoms with Crippen LogP contribution in [-0.2, 0) is 15.9 Å². The summed E-state index contributed by atoms with van der Waals surface area (Å²) in [7, 11) is 0. The van der Waals surface area contributed by atoms with E-state index in [2.05, 4.69) is 16.0 Å². The number of nitrogens with two attached hydrogens (primary N) is 1. The van der Waals surface area contributed by atoms with Gasteiger partial charge in [-0.15, -0.1) is 0 Å². The molecule has 1 aromatic rings. The van der Waals surface area contributed by atoms with E-state index in [9.17, 15) is 5.11 Å². The molecular formula is C16H21N3O3. The Morgan fingerprint density at radius 2 is 2.09 bits per heavy atom. The highest BCUT2D eigenvalue weighted by Gasteiger charge is 2.55. The van der Waals surface area contributed by atoms with Gasteiger partial charge in [-0.1, -0.05) is 6.08 Å². The van der Waals surface area contributed by atoms with E-state index in [1.165, 1.54) is 6.33 Å². The van der Waals surface area contributed by atoms with E-state index in [4.69, 9.17) is 15.2 Å². The van der Waals surface area contributed by atoms with E-state index in [0.717, 1.165) is 29.7 Å². The zero-order valence-corrected chi connectivity index (χ0v) is 12.8. The second kappa shape index (κ2) is 4.75. The molecule has 3 aliphatic rings. The van der Waals surface area contributed by atoms with Gasteiger partial charge in [-0.2, -0.15) is 0 Å². The molecule has 4 rings (SSSR count). The summed E-state index contributed by atoms with van der Waals surface area (Å²) in [4.78, 5) is 8.50. The fraction of sp³-hybridized carbons (Fsp3) is 0.625. The molecule has 0 radical (unpaired) electrons. The molecule has 2 aliphatic carbocycles. The van der Waals surface area contributed by atoms with E-state index in [1.807, 2.05) is 13.8 Å². The number of ether oxygens (including phenoxy) is 2. The molecule has 1 aromatic heterocycles. The van der Waals surface area contributed by atoms with Crippen molar-refractivity contribution in [3.8, 4) is 0 Å². The first-order valence-corrected chi connectivity index (χ1v) is 7.76. The molecule has 2 heterocycles. The van der Waals surface area contributed by atoms with Crippen LogP contribution in [0, 0.1) is 11.8 Å². The van der Waals surface area contributed by atoms with Gasteiger partial charge in [-0.3, -0.25) is 0 Å². The number of nitrogen functional groups attached to an aromatic ring is 1. The lowest BCUT2D eigenvalue weighted by Gasteiger charge is -2.23. The van der Waals surface area contributed by atoms with Gasteiger partial charge < -0.3 is 20.3 Å². The number of aromatic nitrogens is 2. The van der Waals surface area contributed by atoms with Gasteiger partial charge in [0, 0.05) is 24.0 Å². The minimum atomic E-state index is -0.603. The van der Waals surface area contributed by atoms with E-state index in [0.29, 0.717) is 5.82 Å². The van der Waals surface area contributed by atoms with Gasteiger partial charge in [0.25, 0.3) is 0 Å². The van der Waals surface area contributed by atoms with Crippen LogP contribution in [0.25, 0.3) is 5.57 Å². The quantitative estimate of drug-likeness (QED) is 0.851. The van der Waals surface area contributed by atoms with Gasteiger partial charge in [-0.25, -0.2) is 9.97 Å². The van der Waals surface area contributed by atoms with Crippen molar-refractivity contribution in [3.63, 3.8) is 0 Å². The van der Waals surface area contributed by atoms with E-state index < -0.39 is 5.79 Å². The first kappa shape index (κ1) is 14.1. The van der Waals surface area contributed by atoms with Crippen LogP contribution in [0.4, 0.5) is 5.82 Å². The largest absolute Gasteiger partial charge is 0.396 e. The molecule has 2 fully saturated rings. The van der Waals surface area contributed by atoms with Crippen LogP contribution < -0.4 is 5.73 Å². The Labute approximate surface area is 129 Å². The molecule has 4 atom stereocenters. The summed E-state index contributed by atoms with van der Waals surface area (Å²) in [6.45, 7) is 3.96. The molecule has 0 spiro atoms. The third-order valence-electron chi connectivity index (χ3n) is 4.99. The molecule has 0 aromatic carbocycles. The van der Waals surface area contributed by atoms with Crippen LogP contribution in [0.3, 0.4) is 0 Å². The number of rotatable bonds is 2. The van der Waals surface area contributed by atoms with Crippen molar-refractivity contribution in [1.82, 2.24) is 9.97 Å². The fourth-order valence-corrected chi connectivity index (χ4v) is 4.08. The minimum absolute atomic E-state index is 0.0412. The van der Waals surface area contributed by atoms with Crippen LogP contribution in [0.5, 0.6) is 0 Å². The summed E-state index contributed by atoms with van der Waals surface area (Å²) in [6.07, 6.45) is 5.19. The number of hydrogen-bond acceptors (Lipinski definition) is 6. The lowest BCUT2D eigenvalue weighted by Crippen LogP contribution is -2.27. The number of nitrogens with zero attached hydrogens (tertiary/aromatic N) is 2. The molecule has 6 nitrogen and oxygen atoms in total. The molecule has 22 heavy (non-hydrogen) atoms. The highest BCUT2D eigenvalue weighted by atomic mass is 16.8. The molecule has 1 aliphatic heterocycles. The Hall–Kier alpha value is -1.50. The van der Waals surface area contributed by atoms with Crippen molar-refractivity contribution in [3.05, 3.63) is 23.7 Å². The molecule has 118 valence electrons. The number of aliphatic hydroxyl groups excluding tert-OH is 1. The number of aliphatic hydroxyl groups is 1. The topological polar surface area (TPSA) is 90.5 Å². The number of allylic oxidation sites excluding steroid dienone is 1. The Bertz CT molecular complexity index is 644. The van der Waals surface area contributed by atoms with Gasteiger partial charge in [-0.05, 0) is 32.3 Å². The molecule has 6 heteroatoms. The Morgan fingerprint density at radius 3 is 2.86 bits per heavy atom. The van der Waals surface area contributed by atoms with Gasteiger partial charge in [0.05, 0.1) is 17.9 Å². The van der Waals surface area contributed by atoms with Crippen LogP contribution in [0.15, 0.2) is 12.4 Å². The summed E-state index contributed by atoms with van der Waals surface area (Å²) in [5.41, 5.74) is 9.05. The van der Waals surface area contributed by atoms with E-state index in [-0.39, 0.29) is 30.7 Å². The van der Waals surface area contributed by atoms with Crippen molar-refractivity contribution >= 4 is 11.4 Å². The smallest absolute Gasteiger partial charge is 0.163 e. The fourth-order valence-electron chi connectivity index (χ4n) is 4.08. The van der Waals surface area contributed by atoms with Crippen LogP contribution in [0.2, 0.25) is 0 Å². The molecule has 0 bridgehead atoms. The standard InChI is InChI=1S/C16H21N3O3/c1-16(2)21-13-8(6-20)5-11(14(13)22-16)9-3-4-10-12(9)18-7-19-15(10)17/h3,7-8,11,13-14,20H,4-6H2,1-2H3,(H2,17,18,19)/t8-,11+,13-,14+/m1/s1. The highest BCUT2D eigenvalue weighted by molar-refractivity contribution is 5.75. The molecule has 3 N–H and O–H groups in total. The molecule has 1 saturated heterocycles. The Kier molecular flexibility index (Phi) is 3.04. The van der Waals surface area contributed by atoms with E-state index in [1.54, 1.807) is 0 Å². The monoisotopic (exact) mass is 303 g/mol. The van der Waals surface area contributed by atoms with Gasteiger partial charge >= 0.3 is 0 Å². The predicted molar refractivity (Wildman–Crippen MR) is 80.6 cm³/mol. The van der Waals surface area contributed by atoms with Crippen molar-refractivity contribution in [2.24, 2.45) is 11.8 Å². The second-order valence-corrected chi connectivity index (χ2v) is 6.80. The third kappa shape index (κ3) is 1.98. The molecule has 0 unspecified atom stereocenters. The molecular weight excluding hydrogens is 282 g/mol. The van der Waals surface area contributed by atoms with Crippen molar-refractivity contribution in [2.45, 2.75) is 44.7 Å². The lowest BCUT2D eigenvalue weighted by molar-refractivity contribution is -0.160. The SMILES string of the molecule is CC1(C)O[C@@H]2[C@@H](CO)C[C@@H](C3=CCc4c(N)ncnc43)[C@@H]2O1. The zero-order chi connectivity index (χ0) is 15.5. The van der Waals surface area contributed by atoms with E-state index >= 15 is 0 Å². The average Bonchev–Trinajstić information content (AvgIpc) is 3.10.